The van der Waals surface area contributed by atoms with Gasteiger partial charge >= 0.3 is 0 Å². The van der Waals surface area contributed by atoms with Crippen LogP contribution in [0.3, 0.4) is 0 Å². The van der Waals surface area contributed by atoms with Gasteiger partial charge in [-0.05, 0) is 45.7 Å². The molecule has 2 rings (SSSR count). The molecule has 0 aromatic carbocycles. The number of carbonyl (C=O) groups excluding carboxylic acids is 1. The molecule has 4 nitrogen and oxygen atoms in total. The van der Waals surface area contributed by atoms with Gasteiger partial charge in [-0.1, -0.05) is 6.92 Å². The fourth-order valence-corrected chi connectivity index (χ4v) is 2.84. The first-order valence-corrected chi connectivity index (χ1v) is 6.87. The van der Waals surface area contributed by atoms with E-state index in [1.165, 1.54) is 25.9 Å². The number of carbonyl (C=O) groups is 1. The Morgan fingerprint density at radius 1 is 1.35 bits per heavy atom. The van der Waals surface area contributed by atoms with E-state index in [0.29, 0.717) is 12.5 Å². The summed E-state index contributed by atoms with van der Waals surface area (Å²) in [5.41, 5.74) is 5.35. The second-order valence-electron chi connectivity index (χ2n) is 5.71. The fourth-order valence-electron chi connectivity index (χ4n) is 2.84. The minimum atomic E-state index is -0.681. The number of nitrogens with zero attached hydrogens (tertiary/aromatic N) is 2. The standard InChI is InChI=1S/C13H25N3O/c1-3-13(2,14)12(17)16-9-6-11(10-16)15-7-4-5-8-15/h11H,3-10,14H2,1-2H3. The van der Waals surface area contributed by atoms with Crippen LogP contribution in [0.4, 0.5) is 0 Å². The summed E-state index contributed by atoms with van der Waals surface area (Å²) in [4.78, 5) is 16.7. The third-order valence-corrected chi connectivity index (χ3v) is 4.33. The molecule has 4 heteroatoms. The van der Waals surface area contributed by atoms with Crippen molar-refractivity contribution in [1.29, 1.82) is 0 Å². The van der Waals surface area contributed by atoms with Crippen LogP contribution in [0.25, 0.3) is 0 Å². The predicted octanol–water partition coefficient (Wildman–Crippen LogP) is 0.811. The molecule has 2 saturated heterocycles. The van der Waals surface area contributed by atoms with Crippen molar-refractivity contribution in [2.24, 2.45) is 5.73 Å². The molecule has 0 aliphatic carbocycles. The van der Waals surface area contributed by atoms with E-state index in [-0.39, 0.29) is 5.91 Å². The molecule has 1 amide bonds. The van der Waals surface area contributed by atoms with Gasteiger partial charge in [0.05, 0.1) is 5.54 Å². The van der Waals surface area contributed by atoms with Gasteiger partial charge in [-0.3, -0.25) is 9.69 Å². The summed E-state index contributed by atoms with van der Waals surface area (Å²) in [6.07, 6.45) is 4.45. The van der Waals surface area contributed by atoms with Gasteiger partial charge < -0.3 is 10.6 Å². The van der Waals surface area contributed by atoms with Gasteiger partial charge in [0, 0.05) is 19.1 Å². The van der Waals surface area contributed by atoms with E-state index in [1.54, 1.807) is 0 Å². The van der Waals surface area contributed by atoms with E-state index in [1.807, 2.05) is 18.7 Å². The Kier molecular flexibility index (Phi) is 3.73. The van der Waals surface area contributed by atoms with Crippen molar-refractivity contribution >= 4 is 5.91 Å². The minimum absolute atomic E-state index is 0.127. The summed E-state index contributed by atoms with van der Waals surface area (Å²) >= 11 is 0. The molecule has 98 valence electrons. The third kappa shape index (κ3) is 2.63. The molecule has 2 N–H and O–H groups in total. The van der Waals surface area contributed by atoms with Crippen LogP contribution < -0.4 is 5.73 Å². The maximum atomic E-state index is 12.2. The maximum absolute atomic E-state index is 12.2. The fraction of sp³-hybridized carbons (Fsp3) is 0.923. The largest absolute Gasteiger partial charge is 0.339 e. The van der Waals surface area contributed by atoms with Crippen LogP contribution in [0.1, 0.15) is 39.5 Å². The van der Waals surface area contributed by atoms with Crippen molar-refractivity contribution in [3.05, 3.63) is 0 Å². The molecule has 2 atom stereocenters. The molecule has 2 aliphatic rings. The Balaban J connectivity index is 1.91. The molecule has 17 heavy (non-hydrogen) atoms. The smallest absolute Gasteiger partial charge is 0.242 e. The van der Waals surface area contributed by atoms with Crippen LogP contribution in [-0.4, -0.2) is 53.5 Å². The molecule has 0 spiro atoms. The van der Waals surface area contributed by atoms with E-state index in [4.69, 9.17) is 5.73 Å². The quantitative estimate of drug-likeness (QED) is 0.793. The van der Waals surface area contributed by atoms with Crippen molar-refractivity contribution in [3.63, 3.8) is 0 Å². The van der Waals surface area contributed by atoms with Crippen LogP contribution in [-0.2, 0) is 4.79 Å². The normalized spacial score (nSPS) is 29.6. The first kappa shape index (κ1) is 12.8. The van der Waals surface area contributed by atoms with Crippen molar-refractivity contribution in [2.45, 2.75) is 51.1 Å². The summed E-state index contributed by atoms with van der Waals surface area (Å²) in [6.45, 7) is 8.00. The van der Waals surface area contributed by atoms with Crippen molar-refractivity contribution < 1.29 is 4.79 Å². The zero-order valence-corrected chi connectivity index (χ0v) is 11.1. The lowest BCUT2D eigenvalue weighted by atomic mass is 9.99. The zero-order valence-electron chi connectivity index (χ0n) is 11.1. The SMILES string of the molecule is CCC(C)(N)C(=O)N1CCC(N2CCCC2)C1. The average molecular weight is 239 g/mol. The molecule has 0 radical (unpaired) electrons. The van der Waals surface area contributed by atoms with Gasteiger partial charge in [0.2, 0.25) is 5.91 Å². The lowest BCUT2D eigenvalue weighted by Crippen LogP contribution is -2.52. The second-order valence-corrected chi connectivity index (χ2v) is 5.71. The van der Waals surface area contributed by atoms with Gasteiger partial charge in [-0.25, -0.2) is 0 Å². The summed E-state index contributed by atoms with van der Waals surface area (Å²) in [5.74, 6) is 0.127. The van der Waals surface area contributed by atoms with E-state index >= 15 is 0 Å². The van der Waals surface area contributed by atoms with Gasteiger partial charge in [-0.15, -0.1) is 0 Å². The van der Waals surface area contributed by atoms with Gasteiger partial charge in [0.25, 0.3) is 0 Å². The Morgan fingerprint density at radius 3 is 2.59 bits per heavy atom. The van der Waals surface area contributed by atoms with E-state index in [9.17, 15) is 4.79 Å². The Morgan fingerprint density at radius 2 is 2.00 bits per heavy atom. The summed E-state index contributed by atoms with van der Waals surface area (Å²) < 4.78 is 0. The van der Waals surface area contributed by atoms with Crippen LogP contribution in [0.15, 0.2) is 0 Å². The molecule has 2 unspecified atom stereocenters. The molecule has 0 bridgehead atoms. The Hall–Kier alpha value is -0.610. The van der Waals surface area contributed by atoms with Gasteiger partial charge in [-0.2, -0.15) is 0 Å². The highest BCUT2D eigenvalue weighted by molar-refractivity contribution is 5.85. The number of amides is 1. The van der Waals surface area contributed by atoms with Crippen LogP contribution >= 0.6 is 0 Å². The Labute approximate surface area is 104 Å². The number of hydrogen-bond acceptors (Lipinski definition) is 3. The molecule has 0 saturated carbocycles. The molecule has 0 aromatic rings. The average Bonchev–Trinajstić information content (AvgIpc) is 2.98. The van der Waals surface area contributed by atoms with Crippen LogP contribution in [0.5, 0.6) is 0 Å². The monoisotopic (exact) mass is 239 g/mol. The van der Waals surface area contributed by atoms with Crippen molar-refractivity contribution in [2.75, 3.05) is 26.2 Å². The summed E-state index contributed by atoms with van der Waals surface area (Å²) in [6, 6.07) is 0.578. The highest BCUT2D eigenvalue weighted by atomic mass is 16.2. The minimum Gasteiger partial charge on any atom is -0.339 e. The maximum Gasteiger partial charge on any atom is 0.242 e. The number of likely N-dealkylation sites (tertiary alicyclic amines) is 2. The molecule has 2 aliphatic heterocycles. The summed E-state index contributed by atoms with van der Waals surface area (Å²) in [7, 11) is 0. The van der Waals surface area contributed by atoms with Crippen molar-refractivity contribution in [1.82, 2.24) is 9.80 Å². The summed E-state index contributed by atoms with van der Waals surface area (Å²) in [5, 5.41) is 0. The molecular weight excluding hydrogens is 214 g/mol. The topological polar surface area (TPSA) is 49.6 Å². The molecule has 2 heterocycles. The molecule has 0 aromatic heterocycles. The van der Waals surface area contributed by atoms with Crippen LogP contribution in [0.2, 0.25) is 0 Å². The number of hydrogen-bond donors (Lipinski definition) is 1. The van der Waals surface area contributed by atoms with E-state index < -0.39 is 5.54 Å². The van der Waals surface area contributed by atoms with E-state index in [0.717, 1.165) is 19.5 Å². The third-order valence-electron chi connectivity index (χ3n) is 4.33. The van der Waals surface area contributed by atoms with Gasteiger partial charge in [0.1, 0.15) is 0 Å². The lowest BCUT2D eigenvalue weighted by Gasteiger charge is -2.29. The second kappa shape index (κ2) is 4.94. The van der Waals surface area contributed by atoms with Crippen molar-refractivity contribution in [3.8, 4) is 0 Å². The highest BCUT2D eigenvalue weighted by Gasteiger charge is 2.37. The Bertz CT molecular complexity index is 284. The molecule has 2 fully saturated rings. The van der Waals surface area contributed by atoms with Gasteiger partial charge in [0.15, 0.2) is 0 Å². The lowest BCUT2D eigenvalue weighted by molar-refractivity contribution is -0.135. The first-order chi connectivity index (χ1) is 8.04. The molecular formula is C13H25N3O. The predicted molar refractivity (Wildman–Crippen MR) is 68.7 cm³/mol. The number of nitrogens with two attached hydrogens (primary N) is 1. The first-order valence-electron chi connectivity index (χ1n) is 6.87. The highest BCUT2D eigenvalue weighted by Crippen LogP contribution is 2.22. The van der Waals surface area contributed by atoms with E-state index in [2.05, 4.69) is 4.90 Å². The zero-order chi connectivity index (χ0) is 12.5. The van der Waals surface area contributed by atoms with Crippen LogP contribution in [0, 0.1) is 0 Å². The number of rotatable bonds is 3.